The van der Waals surface area contributed by atoms with Crippen LogP contribution in [0.25, 0.3) is 0 Å². The van der Waals surface area contributed by atoms with E-state index in [2.05, 4.69) is 22.5 Å². The van der Waals surface area contributed by atoms with E-state index < -0.39 is 0 Å². The van der Waals surface area contributed by atoms with E-state index in [-0.39, 0.29) is 18.5 Å². The van der Waals surface area contributed by atoms with Gasteiger partial charge in [0.2, 0.25) is 0 Å². The fraction of sp³-hybridized carbons (Fsp3) is 0.682. The quantitative estimate of drug-likeness (QED) is 0.371. The lowest BCUT2D eigenvalue weighted by Crippen LogP contribution is -2.39. The number of rotatable bonds is 12. The van der Waals surface area contributed by atoms with Gasteiger partial charge in [-0.2, -0.15) is 0 Å². The fourth-order valence-electron chi connectivity index (χ4n) is 3.14. The fourth-order valence-corrected chi connectivity index (χ4v) is 3.14. The molecule has 0 spiro atoms. The number of nitrogens with zero attached hydrogens (tertiary/aromatic N) is 1. The summed E-state index contributed by atoms with van der Waals surface area (Å²) < 4.78 is 19.9. The summed E-state index contributed by atoms with van der Waals surface area (Å²) in [5.74, 6) is 1.69. The number of guanidine groups is 1. The number of aliphatic hydroxyl groups is 1. The van der Waals surface area contributed by atoms with E-state index in [1.165, 1.54) is 18.9 Å². The molecule has 0 aromatic heterocycles. The second-order valence-electron chi connectivity index (χ2n) is 7.70. The molecule has 5 nitrogen and oxygen atoms in total. The Labute approximate surface area is 168 Å². The first-order valence-corrected chi connectivity index (χ1v) is 10.6. The van der Waals surface area contributed by atoms with Crippen molar-refractivity contribution in [1.29, 1.82) is 0 Å². The van der Waals surface area contributed by atoms with Gasteiger partial charge in [-0.3, -0.25) is 4.99 Å². The molecule has 1 aromatic carbocycles. The number of hydrogen-bond donors (Lipinski definition) is 3. The highest BCUT2D eigenvalue weighted by Gasteiger charge is 2.22. The van der Waals surface area contributed by atoms with E-state index in [1.807, 2.05) is 19.9 Å². The van der Waals surface area contributed by atoms with E-state index in [0.29, 0.717) is 36.7 Å². The predicted octanol–water partition coefficient (Wildman–Crippen LogP) is 4.03. The second-order valence-corrected chi connectivity index (χ2v) is 7.70. The molecule has 0 heterocycles. The Kier molecular flexibility index (Phi) is 9.55. The lowest BCUT2D eigenvalue weighted by atomic mass is 10.0. The molecule has 0 saturated heterocycles. The molecule has 6 heteroatoms. The molecule has 0 aliphatic heterocycles. The van der Waals surface area contributed by atoms with Crippen LogP contribution in [-0.4, -0.2) is 37.4 Å². The summed E-state index contributed by atoms with van der Waals surface area (Å²) in [7, 11) is 0. The van der Waals surface area contributed by atoms with Gasteiger partial charge < -0.3 is 20.5 Å². The minimum Gasteiger partial charge on any atom is -0.490 e. The molecule has 0 radical (unpaired) electrons. The lowest BCUT2D eigenvalue weighted by molar-refractivity contribution is 0.253. The molecule has 1 aliphatic rings. The molecule has 0 amide bonds. The Balaban J connectivity index is 1.96. The number of nitrogens with one attached hydrogen (secondary N) is 2. The van der Waals surface area contributed by atoms with Crippen molar-refractivity contribution in [2.24, 2.45) is 16.8 Å². The first-order valence-electron chi connectivity index (χ1n) is 10.6. The average molecular weight is 394 g/mol. The Morgan fingerprint density at radius 1 is 1.32 bits per heavy atom. The predicted molar refractivity (Wildman–Crippen MR) is 112 cm³/mol. The van der Waals surface area contributed by atoms with Gasteiger partial charge in [-0.1, -0.05) is 19.4 Å². The summed E-state index contributed by atoms with van der Waals surface area (Å²) in [4.78, 5) is 4.68. The molecule has 1 saturated carbocycles. The maximum Gasteiger partial charge on any atom is 0.191 e. The number of hydrogen-bond acceptors (Lipinski definition) is 3. The smallest absolute Gasteiger partial charge is 0.191 e. The van der Waals surface area contributed by atoms with Gasteiger partial charge in [-0.05, 0) is 69.1 Å². The molecule has 2 unspecified atom stereocenters. The highest BCUT2D eigenvalue weighted by Crippen LogP contribution is 2.30. The summed E-state index contributed by atoms with van der Waals surface area (Å²) in [6, 6.07) is 5.06. The molecule has 2 rings (SSSR count). The van der Waals surface area contributed by atoms with Crippen LogP contribution in [0, 0.1) is 17.7 Å². The Morgan fingerprint density at radius 2 is 2.11 bits per heavy atom. The minimum absolute atomic E-state index is 0.0905. The molecule has 0 bridgehead atoms. The van der Waals surface area contributed by atoms with Gasteiger partial charge in [0.1, 0.15) is 0 Å². The molecule has 1 aromatic rings. The van der Waals surface area contributed by atoms with Crippen molar-refractivity contribution < 1.29 is 14.2 Å². The molecule has 1 aliphatic carbocycles. The van der Waals surface area contributed by atoms with Crippen molar-refractivity contribution in [1.82, 2.24) is 10.6 Å². The van der Waals surface area contributed by atoms with Gasteiger partial charge in [0.05, 0.1) is 12.6 Å². The number of aliphatic hydroxyl groups excluding tert-OH is 1. The zero-order chi connectivity index (χ0) is 20.4. The molecule has 3 N–H and O–H groups in total. The van der Waals surface area contributed by atoms with Gasteiger partial charge in [-0.15, -0.1) is 0 Å². The van der Waals surface area contributed by atoms with Crippen LogP contribution in [0.4, 0.5) is 4.39 Å². The third kappa shape index (κ3) is 7.66. The van der Waals surface area contributed by atoms with Crippen LogP contribution >= 0.6 is 0 Å². The molecule has 158 valence electrons. The van der Waals surface area contributed by atoms with Gasteiger partial charge >= 0.3 is 0 Å². The molecule has 1 fully saturated rings. The van der Waals surface area contributed by atoms with Gasteiger partial charge in [0, 0.05) is 19.7 Å². The third-order valence-electron chi connectivity index (χ3n) is 5.07. The minimum atomic E-state index is -0.320. The van der Waals surface area contributed by atoms with Crippen LogP contribution in [0.1, 0.15) is 64.5 Å². The summed E-state index contributed by atoms with van der Waals surface area (Å²) in [5, 5.41) is 15.8. The molecule has 28 heavy (non-hydrogen) atoms. The van der Waals surface area contributed by atoms with Crippen LogP contribution < -0.4 is 15.4 Å². The molecular formula is C22H36FN3O2. The van der Waals surface area contributed by atoms with Gasteiger partial charge in [0.25, 0.3) is 0 Å². The van der Waals surface area contributed by atoms with Crippen molar-refractivity contribution in [3.8, 4) is 5.75 Å². The number of halogens is 1. The maximum absolute atomic E-state index is 14.4. The summed E-state index contributed by atoms with van der Waals surface area (Å²) >= 11 is 0. The highest BCUT2D eigenvalue weighted by atomic mass is 19.1. The van der Waals surface area contributed by atoms with E-state index in [4.69, 9.17) is 4.74 Å². The van der Waals surface area contributed by atoms with E-state index >= 15 is 0 Å². The second kappa shape index (κ2) is 11.9. The largest absolute Gasteiger partial charge is 0.490 e. The normalized spacial score (nSPS) is 16.5. The van der Waals surface area contributed by atoms with E-state index in [1.54, 1.807) is 6.07 Å². The van der Waals surface area contributed by atoms with Crippen LogP contribution in [0.15, 0.2) is 23.2 Å². The first kappa shape index (κ1) is 22.5. The monoisotopic (exact) mass is 393 g/mol. The number of aliphatic imine (C=N–C) groups is 1. The van der Waals surface area contributed by atoms with Crippen molar-refractivity contribution in [3.05, 3.63) is 29.6 Å². The maximum atomic E-state index is 14.4. The van der Waals surface area contributed by atoms with Gasteiger partial charge in [0.15, 0.2) is 17.5 Å². The first-order chi connectivity index (χ1) is 13.6. The van der Waals surface area contributed by atoms with Crippen LogP contribution in [0.5, 0.6) is 5.75 Å². The Bertz CT molecular complexity index is 614. The zero-order valence-corrected chi connectivity index (χ0v) is 17.5. The summed E-state index contributed by atoms with van der Waals surface area (Å²) in [6.07, 6.45) is 5.26. The van der Waals surface area contributed by atoms with E-state index in [9.17, 15) is 9.50 Å². The molecular weight excluding hydrogens is 357 g/mol. The van der Waals surface area contributed by atoms with Crippen molar-refractivity contribution in [2.75, 3.05) is 26.3 Å². The standard InChI is InChI=1S/C22H36FN3O2/c1-4-6-17(11-12-27)14-25-22(24-5-2)26-16(3)19-9-10-21(20(23)13-19)28-15-18-7-8-18/h9-10,13,16-18,27H,4-8,11-12,14-15H2,1-3H3,(H2,24,25,26). The van der Waals surface area contributed by atoms with Crippen LogP contribution in [0.3, 0.4) is 0 Å². The van der Waals surface area contributed by atoms with Crippen LogP contribution in [0.2, 0.25) is 0 Å². The SMILES string of the molecule is CCCC(CCO)CN=C(NCC)NC(C)c1ccc(OCC2CC2)c(F)c1. The Morgan fingerprint density at radius 3 is 2.71 bits per heavy atom. The Hall–Kier alpha value is -1.82. The van der Waals surface area contributed by atoms with Crippen molar-refractivity contribution in [2.45, 2.75) is 58.9 Å². The topological polar surface area (TPSA) is 65.9 Å². The summed E-state index contributed by atoms with van der Waals surface area (Å²) in [6.45, 7) is 8.36. The summed E-state index contributed by atoms with van der Waals surface area (Å²) in [5.41, 5.74) is 0.849. The number of benzene rings is 1. The van der Waals surface area contributed by atoms with E-state index in [0.717, 1.165) is 31.4 Å². The van der Waals surface area contributed by atoms with Crippen LogP contribution in [-0.2, 0) is 0 Å². The highest BCUT2D eigenvalue weighted by molar-refractivity contribution is 5.80. The van der Waals surface area contributed by atoms with Crippen molar-refractivity contribution >= 4 is 5.96 Å². The van der Waals surface area contributed by atoms with Crippen molar-refractivity contribution in [3.63, 3.8) is 0 Å². The number of ether oxygens (including phenoxy) is 1. The third-order valence-corrected chi connectivity index (χ3v) is 5.07. The zero-order valence-electron chi connectivity index (χ0n) is 17.5. The average Bonchev–Trinajstić information content (AvgIpc) is 3.50. The molecule has 2 atom stereocenters. The van der Waals surface area contributed by atoms with Gasteiger partial charge in [-0.25, -0.2) is 4.39 Å². The lowest BCUT2D eigenvalue weighted by Gasteiger charge is -2.20.